The molecule has 6 atom stereocenters. The number of aromatic hydroxyl groups is 1. The van der Waals surface area contributed by atoms with Gasteiger partial charge in [0.05, 0.1) is 6.61 Å². The molecule has 4 fully saturated rings. The number of hydrogen-bond acceptors (Lipinski definition) is 4. The molecule has 6 aliphatic rings. The normalized spacial score (nSPS) is 38.6. The van der Waals surface area contributed by atoms with Crippen LogP contribution in [-0.4, -0.2) is 48.0 Å². The predicted octanol–water partition coefficient (Wildman–Crippen LogP) is 5.25. The molecular formula is C31H37NO3. The molecule has 4 heteroatoms. The van der Waals surface area contributed by atoms with Crippen molar-refractivity contribution in [3.05, 3.63) is 59.2 Å². The molecule has 0 aromatic heterocycles. The van der Waals surface area contributed by atoms with Crippen LogP contribution in [0.1, 0.15) is 61.6 Å². The van der Waals surface area contributed by atoms with Gasteiger partial charge in [-0.25, -0.2) is 0 Å². The summed E-state index contributed by atoms with van der Waals surface area (Å²) in [5.41, 5.74) is 4.47. The topological polar surface area (TPSA) is 41.9 Å². The van der Waals surface area contributed by atoms with Gasteiger partial charge < -0.3 is 14.6 Å². The molecule has 2 bridgehead atoms. The van der Waals surface area contributed by atoms with E-state index in [-0.39, 0.29) is 23.0 Å². The highest BCUT2D eigenvalue weighted by atomic mass is 16.6. The van der Waals surface area contributed by atoms with E-state index in [4.69, 9.17) is 9.47 Å². The minimum absolute atomic E-state index is 0.0243. The lowest BCUT2D eigenvalue weighted by molar-refractivity contribution is -0.280. The van der Waals surface area contributed by atoms with E-state index in [1.54, 1.807) is 0 Å². The maximum atomic E-state index is 10.8. The average Bonchev–Trinajstić information content (AvgIpc) is 3.15. The standard InChI is InChI=1S/C31H37NO3/c33-25-12-11-22-16-24-23-17-30(13-5-10-20-6-2-1-3-7-20)19-34-28(30)29-31(23,26(22)27(25)35-29)14-15-32(24)18-21-8-4-9-21/h1-3,6-7,11-12,21,23-24,28-29,33H,4-5,8-10,13-19H2/t23?,24?,28-,29?,30-,31?/m1/s1. The molecule has 1 spiro atoms. The van der Waals surface area contributed by atoms with Crippen LogP contribution in [0.25, 0.3) is 0 Å². The summed E-state index contributed by atoms with van der Waals surface area (Å²) in [5.74, 6) is 2.63. The molecule has 35 heavy (non-hydrogen) atoms. The first-order chi connectivity index (χ1) is 17.2. The molecular weight excluding hydrogens is 434 g/mol. The summed E-state index contributed by atoms with van der Waals surface area (Å²) >= 11 is 0. The molecule has 3 heterocycles. The molecule has 8 rings (SSSR count). The van der Waals surface area contributed by atoms with Gasteiger partial charge >= 0.3 is 0 Å². The third kappa shape index (κ3) is 2.81. The smallest absolute Gasteiger partial charge is 0.165 e. The molecule has 2 aromatic rings. The van der Waals surface area contributed by atoms with Gasteiger partial charge in [-0.1, -0.05) is 42.8 Å². The Morgan fingerprint density at radius 1 is 1.06 bits per heavy atom. The molecule has 0 amide bonds. The van der Waals surface area contributed by atoms with Crippen molar-refractivity contribution in [2.75, 3.05) is 19.7 Å². The van der Waals surface area contributed by atoms with Gasteiger partial charge in [0.25, 0.3) is 0 Å². The van der Waals surface area contributed by atoms with E-state index in [0.29, 0.717) is 17.7 Å². The minimum atomic E-state index is 0.0243. The second kappa shape index (κ2) is 7.49. The lowest BCUT2D eigenvalue weighted by Gasteiger charge is -2.67. The van der Waals surface area contributed by atoms with Crippen LogP contribution in [0.2, 0.25) is 0 Å². The molecule has 0 radical (unpaired) electrons. The van der Waals surface area contributed by atoms with Gasteiger partial charge in [0.2, 0.25) is 0 Å². The molecule has 2 saturated heterocycles. The molecule has 3 aliphatic heterocycles. The Bertz CT molecular complexity index is 1150. The Hall–Kier alpha value is -2.04. The summed E-state index contributed by atoms with van der Waals surface area (Å²) in [6, 6.07) is 15.6. The number of hydrogen-bond donors (Lipinski definition) is 1. The van der Waals surface area contributed by atoms with Crippen LogP contribution in [0, 0.1) is 17.3 Å². The number of phenolic OH excluding ortho intramolecular Hbond substituents is 1. The largest absolute Gasteiger partial charge is 0.504 e. The van der Waals surface area contributed by atoms with Crippen LogP contribution >= 0.6 is 0 Å². The molecule has 2 saturated carbocycles. The first-order valence-electron chi connectivity index (χ1n) is 14.1. The van der Waals surface area contributed by atoms with Crippen molar-refractivity contribution in [3.63, 3.8) is 0 Å². The van der Waals surface area contributed by atoms with Gasteiger partial charge in [0.15, 0.2) is 11.5 Å². The molecule has 1 N–H and O–H groups in total. The van der Waals surface area contributed by atoms with Crippen molar-refractivity contribution in [2.24, 2.45) is 17.3 Å². The summed E-state index contributed by atoms with van der Waals surface area (Å²) in [5, 5.41) is 10.8. The predicted molar refractivity (Wildman–Crippen MR) is 135 cm³/mol. The zero-order valence-corrected chi connectivity index (χ0v) is 20.6. The van der Waals surface area contributed by atoms with Crippen LogP contribution in [-0.2, 0) is 23.0 Å². The van der Waals surface area contributed by atoms with Gasteiger partial charge in [0, 0.05) is 29.0 Å². The van der Waals surface area contributed by atoms with Gasteiger partial charge in [-0.05, 0) is 86.9 Å². The van der Waals surface area contributed by atoms with Crippen molar-refractivity contribution in [1.29, 1.82) is 0 Å². The lowest BCUT2D eigenvalue weighted by Crippen LogP contribution is -2.75. The van der Waals surface area contributed by atoms with Crippen LogP contribution in [0.5, 0.6) is 11.5 Å². The Balaban J connectivity index is 1.15. The fraction of sp³-hybridized carbons (Fsp3) is 0.613. The quantitative estimate of drug-likeness (QED) is 0.625. The summed E-state index contributed by atoms with van der Waals surface area (Å²) < 4.78 is 13.2. The minimum Gasteiger partial charge on any atom is -0.504 e. The number of rotatable bonds is 6. The first-order valence-corrected chi connectivity index (χ1v) is 14.1. The number of fused-ring (bicyclic) bond motifs is 2. The molecule has 4 unspecified atom stereocenters. The van der Waals surface area contributed by atoms with Crippen LogP contribution < -0.4 is 4.74 Å². The molecule has 4 nitrogen and oxygen atoms in total. The highest BCUT2D eigenvalue weighted by Crippen LogP contribution is 2.69. The zero-order valence-electron chi connectivity index (χ0n) is 20.6. The number of phenols is 1. The number of ether oxygens (including phenoxy) is 2. The Morgan fingerprint density at radius 3 is 2.71 bits per heavy atom. The van der Waals surface area contributed by atoms with Crippen LogP contribution in [0.15, 0.2) is 42.5 Å². The molecule has 3 aliphatic carbocycles. The fourth-order valence-electron chi connectivity index (χ4n) is 9.15. The summed E-state index contributed by atoms with van der Waals surface area (Å²) in [7, 11) is 0. The Kier molecular flexibility index (Phi) is 4.51. The highest BCUT2D eigenvalue weighted by molar-refractivity contribution is 5.61. The summed E-state index contributed by atoms with van der Waals surface area (Å²) in [6.07, 6.45) is 11.5. The van der Waals surface area contributed by atoms with Crippen LogP contribution in [0.3, 0.4) is 0 Å². The van der Waals surface area contributed by atoms with Crippen molar-refractivity contribution >= 4 is 0 Å². The van der Waals surface area contributed by atoms with Crippen molar-refractivity contribution in [2.45, 2.75) is 81.5 Å². The van der Waals surface area contributed by atoms with E-state index < -0.39 is 0 Å². The van der Waals surface area contributed by atoms with Crippen molar-refractivity contribution in [1.82, 2.24) is 4.90 Å². The summed E-state index contributed by atoms with van der Waals surface area (Å²) in [6.45, 7) is 3.33. The number of piperidine rings is 1. The average molecular weight is 472 g/mol. The first kappa shape index (κ1) is 21.1. The second-order valence-corrected chi connectivity index (χ2v) is 12.6. The van der Waals surface area contributed by atoms with Crippen molar-refractivity contribution in [3.8, 4) is 11.5 Å². The number of nitrogens with zero attached hydrogens (tertiary/aromatic N) is 1. The summed E-state index contributed by atoms with van der Waals surface area (Å²) in [4.78, 5) is 2.88. The zero-order chi connectivity index (χ0) is 23.2. The number of benzene rings is 2. The highest BCUT2D eigenvalue weighted by Gasteiger charge is 2.73. The molecule has 184 valence electrons. The van der Waals surface area contributed by atoms with E-state index in [0.717, 1.165) is 37.5 Å². The van der Waals surface area contributed by atoms with E-state index in [1.807, 2.05) is 6.07 Å². The number of likely N-dealkylation sites (tertiary alicyclic amines) is 1. The van der Waals surface area contributed by atoms with E-state index >= 15 is 0 Å². The lowest BCUT2D eigenvalue weighted by atomic mass is 9.45. The number of aryl methyl sites for hydroxylation is 1. The van der Waals surface area contributed by atoms with E-state index in [2.05, 4.69) is 41.3 Å². The van der Waals surface area contributed by atoms with Crippen molar-refractivity contribution < 1.29 is 14.6 Å². The third-order valence-electron chi connectivity index (χ3n) is 11.0. The van der Waals surface area contributed by atoms with Gasteiger partial charge in [-0.2, -0.15) is 0 Å². The van der Waals surface area contributed by atoms with Gasteiger partial charge in [0.1, 0.15) is 12.2 Å². The maximum Gasteiger partial charge on any atom is 0.165 e. The maximum absolute atomic E-state index is 10.8. The van der Waals surface area contributed by atoms with Gasteiger partial charge in [-0.15, -0.1) is 0 Å². The Morgan fingerprint density at radius 2 is 1.94 bits per heavy atom. The third-order valence-corrected chi connectivity index (χ3v) is 11.0. The van der Waals surface area contributed by atoms with E-state index in [1.165, 1.54) is 68.3 Å². The van der Waals surface area contributed by atoms with Crippen LogP contribution in [0.4, 0.5) is 0 Å². The second-order valence-electron chi connectivity index (χ2n) is 12.6. The monoisotopic (exact) mass is 471 g/mol. The molecule has 2 aromatic carbocycles. The fourth-order valence-corrected chi connectivity index (χ4v) is 9.15. The SMILES string of the molecule is Oc1ccc2c3c1OC1[C@H]4OC[C@@]4(CCCc4ccccc4)CC4C(C2)N(CC2CCC2)CCC341. The van der Waals surface area contributed by atoms with E-state index in [9.17, 15) is 5.11 Å². The Labute approximate surface area is 208 Å². The van der Waals surface area contributed by atoms with Gasteiger partial charge in [-0.3, -0.25) is 4.90 Å².